The van der Waals surface area contributed by atoms with Crippen molar-refractivity contribution in [2.45, 2.75) is 17.1 Å². The fraction of sp³-hybridized carbons (Fsp3) is 0.364. The molecule has 2 nitrogen and oxygen atoms in total. The lowest BCUT2D eigenvalue weighted by atomic mass is 10.2. The van der Waals surface area contributed by atoms with Crippen molar-refractivity contribution in [2.75, 3.05) is 17.3 Å². The average Bonchev–Trinajstić information content (AvgIpc) is 2.27. The van der Waals surface area contributed by atoms with Crippen molar-refractivity contribution in [3.8, 4) is 0 Å². The third-order valence-corrected chi connectivity index (χ3v) is 3.77. The van der Waals surface area contributed by atoms with Crippen molar-refractivity contribution in [1.29, 1.82) is 0 Å². The molecule has 1 aromatic rings. The summed E-state index contributed by atoms with van der Waals surface area (Å²) in [6.07, 6.45) is 0. The molecule has 5 heteroatoms. The van der Waals surface area contributed by atoms with E-state index in [2.05, 4.69) is 0 Å². The highest BCUT2D eigenvalue weighted by Gasteiger charge is 2.28. The van der Waals surface area contributed by atoms with Crippen molar-refractivity contribution in [3.05, 3.63) is 24.0 Å². The molecule has 86 valence electrons. The summed E-state index contributed by atoms with van der Waals surface area (Å²) in [7, 11) is 0. The number of alkyl halides is 1. The number of hydrogen-bond donors (Lipinski definition) is 0. The minimum absolute atomic E-state index is 0.120. The van der Waals surface area contributed by atoms with Gasteiger partial charge in [-0.15, -0.1) is 23.4 Å². The number of benzene rings is 1. The number of fused-ring (bicyclic) bond motifs is 1. The van der Waals surface area contributed by atoms with Crippen LogP contribution < -0.4 is 4.90 Å². The lowest BCUT2D eigenvalue weighted by Crippen LogP contribution is -2.39. The van der Waals surface area contributed by atoms with Crippen LogP contribution >= 0.6 is 23.4 Å². The van der Waals surface area contributed by atoms with Gasteiger partial charge in [-0.2, -0.15) is 0 Å². The average molecular weight is 260 g/mol. The van der Waals surface area contributed by atoms with Crippen LogP contribution in [-0.2, 0) is 4.79 Å². The van der Waals surface area contributed by atoms with E-state index < -0.39 is 0 Å². The minimum Gasteiger partial charge on any atom is -0.307 e. The van der Waals surface area contributed by atoms with E-state index in [4.69, 9.17) is 11.6 Å². The van der Waals surface area contributed by atoms with Gasteiger partial charge in [0.25, 0.3) is 0 Å². The molecule has 0 fully saturated rings. The van der Waals surface area contributed by atoms with Gasteiger partial charge < -0.3 is 4.90 Å². The third-order valence-electron chi connectivity index (χ3n) is 2.40. The SMILES string of the molecule is CC1CN(C(=O)CCl)c2c(F)cccc2S1. The second-order valence-electron chi connectivity index (χ2n) is 3.65. The molecular formula is C11H11ClFNOS. The highest BCUT2D eigenvalue weighted by molar-refractivity contribution is 8.00. The molecule has 0 saturated carbocycles. The van der Waals surface area contributed by atoms with Crippen LogP contribution in [-0.4, -0.2) is 23.6 Å². The van der Waals surface area contributed by atoms with E-state index >= 15 is 0 Å². The van der Waals surface area contributed by atoms with Gasteiger partial charge in [-0.25, -0.2) is 4.39 Å². The van der Waals surface area contributed by atoms with Crippen molar-refractivity contribution >= 4 is 35.0 Å². The minimum atomic E-state index is -0.365. The number of carbonyl (C=O) groups is 1. The number of carbonyl (C=O) groups excluding carboxylic acids is 1. The highest BCUT2D eigenvalue weighted by Crippen LogP contribution is 2.39. The normalized spacial score (nSPS) is 19.4. The van der Waals surface area contributed by atoms with Crippen molar-refractivity contribution < 1.29 is 9.18 Å². The quantitative estimate of drug-likeness (QED) is 0.723. The molecule has 0 saturated heterocycles. The maximum atomic E-state index is 13.7. The van der Waals surface area contributed by atoms with E-state index in [0.717, 1.165) is 4.90 Å². The Labute approximate surface area is 103 Å². The van der Waals surface area contributed by atoms with Crippen molar-refractivity contribution in [2.24, 2.45) is 0 Å². The van der Waals surface area contributed by atoms with Crippen LogP contribution in [0.1, 0.15) is 6.92 Å². The van der Waals surface area contributed by atoms with E-state index in [1.54, 1.807) is 17.8 Å². The van der Waals surface area contributed by atoms with Gasteiger partial charge in [-0.1, -0.05) is 13.0 Å². The largest absolute Gasteiger partial charge is 0.307 e. The molecule has 0 aliphatic carbocycles. The van der Waals surface area contributed by atoms with Gasteiger partial charge in [0.2, 0.25) is 5.91 Å². The first-order valence-electron chi connectivity index (χ1n) is 4.95. The Morgan fingerprint density at radius 2 is 2.44 bits per heavy atom. The number of halogens is 2. The van der Waals surface area contributed by atoms with Crippen LogP contribution in [0.15, 0.2) is 23.1 Å². The molecule has 16 heavy (non-hydrogen) atoms. The fourth-order valence-corrected chi connectivity index (χ4v) is 3.03. The van der Waals surface area contributed by atoms with Gasteiger partial charge in [0, 0.05) is 16.7 Å². The Morgan fingerprint density at radius 3 is 3.12 bits per heavy atom. The summed E-state index contributed by atoms with van der Waals surface area (Å²) in [6.45, 7) is 2.51. The maximum absolute atomic E-state index is 13.7. The molecule has 0 spiro atoms. The van der Waals surface area contributed by atoms with E-state index in [1.165, 1.54) is 11.0 Å². The Hall–Kier alpha value is -0.740. The van der Waals surface area contributed by atoms with Gasteiger partial charge in [-0.05, 0) is 12.1 Å². The summed E-state index contributed by atoms with van der Waals surface area (Å²) in [5.41, 5.74) is 0.372. The lowest BCUT2D eigenvalue weighted by molar-refractivity contribution is -0.116. The molecule has 0 aromatic heterocycles. The highest BCUT2D eigenvalue weighted by atomic mass is 35.5. The van der Waals surface area contributed by atoms with E-state index in [-0.39, 0.29) is 22.9 Å². The lowest BCUT2D eigenvalue weighted by Gasteiger charge is -2.32. The zero-order chi connectivity index (χ0) is 11.7. The second-order valence-corrected chi connectivity index (χ2v) is 5.40. The first kappa shape index (κ1) is 11.7. The van der Waals surface area contributed by atoms with Gasteiger partial charge in [0.15, 0.2) is 0 Å². The number of anilines is 1. The van der Waals surface area contributed by atoms with Crippen LogP contribution in [0.5, 0.6) is 0 Å². The predicted molar refractivity (Wildman–Crippen MR) is 64.8 cm³/mol. The first-order valence-corrected chi connectivity index (χ1v) is 6.36. The molecule has 1 aliphatic rings. The Bertz CT molecular complexity index is 426. The molecule has 0 bridgehead atoms. The number of thioether (sulfide) groups is 1. The molecule has 0 radical (unpaired) electrons. The van der Waals surface area contributed by atoms with Gasteiger partial charge in [-0.3, -0.25) is 4.79 Å². The number of hydrogen-bond acceptors (Lipinski definition) is 2. The monoisotopic (exact) mass is 259 g/mol. The van der Waals surface area contributed by atoms with Crippen LogP contribution in [0.25, 0.3) is 0 Å². The molecule has 1 amide bonds. The smallest absolute Gasteiger partial charge is 0.242 e. The third kappa shape index (κ3) is 2.04. The molecule has 1 unspecified atom stereocenters. The van der Waals surface area contributed by atoms with Crippen molar-refractivity contribution in [3.63, 3.8) is 0 Å². The second kappa shape index (κ2) is 4.63. The zero-order valence-corrected chi connectivity index (χ0v) is 10.3. The van der Waals surface area contributed by atoms with E-state index in [9.17, 15) is 9.18 Å². The van der Waals surface area contributed by atoms with E-state index in [0.29, 0.717) is 12.2 Å². The van der Waals surface area contributed by atoms with Crippen LogP contribution in [0.4, 0.5) is 10.1 Å². The molecule has 2 rings (SSSR count). The number of para-hydroxylation sites is 1. The standard InChI is InChI=1S/C11H11ClFNOS/c1-7-6-14(10(15)5-12)11-8(13)3-2-4-9(11)16-7/h2-4,7H,5-6H2,1H3. The Morgan fingerprint density at radius 1 is 1.69 bits per heavy atom. The first-order chi connectivity index (χ1) is 7.63. The van der Waals surface area contributed by atoms with E-state index in [1.807, 2.05) is 13.0 Å². The van der Waals surface area contributed by atoms with Gasteiger partial charge in [0.05, 0.1) is 5.69 Å². The predicted octanol–water partition coefficient (Wildman–Crippen LogP) is 2.89. The summed E-state index contributed by atoms with van der Waals surface area (Å²) in [4.78, 5) is 13.9. The topological polar surface area (TPSA) is 20.3 Å². The molecule has 1 aromatic carbocycles. The summed E-state index contributed by atoms with van der Waals surface area (Å²) >= 11 is 7.11. The fourth-order valence-electron chi connectivity index (χ4n) is 1.75. The summed E-state index contributed by atoms with van der Waals surface area (Å²) in [6, 6.07) is 4.85. The summed E-state index contributed by atoms with van der Waals surface area (Å²) in [5.74, 6) is -0.735. The van der Waals surface area contributed by atoms with Crippen LogP contribution in [0.3, 0.4) is 0 Å². The summed E-state index contributed by atoms with van der Waals surface area (Å²) < 4.78 is 13.7. The Balaban J connectivity index is 2.47. The number of amides is 1. The number of rotatable bonds is 1. The molecular weight excluding hydrogens is 249 g/mol. The molecule has 1 atom stereocenters. The van der Waals surface area contributed by atoms with Crippen LogP contribution in [0.2, 0.25) is 0 Å². The van der Waals surface area contributed by atoms with Crippen molar-refractivity contribution in [1.82, 2.24) is 0 Å². The van der Waals surface area contributed by atoms with Gasteiger partial charge >= 0.3 is 0 Å². The summed E-state index contributed by atoms with van der Waals surface area (Å²) in [5, 5.41) is 0.251. The zero-order valence-electron chi connectivity index (χ0n) is 8.74. The number of nitrogens with zero attached hydrogens (tertiary/aromatic N) is 1. The Kier molecular flexibility index (Phi) is 3.40. The van der Waals surface area contributed by atoms with Crippen LogP contribution in [0, 0.1) is 5.82 Å². The molecule has 0 N–H and O–H groups in total. The molecule has 1 aliphatic heterocycles. The molecule has 1 heterocycles. The maximum Gasteiger partial charge on any atom is 0.242 e. The van der Waals surface area contributed by atoms with Gasteiger partial charge in [0.1, 0.15) is 11.7 Å².